The molecule has 3 rings (SSSR count). The Morgan fingerprint density at radius 2 is 2.15 bits per heavy atom. The third-order valence-corrected chi connectivity index (χ3v) is 4.38. The van der Waals surface area contributed by atoms with Gasteiger partial charge in [0.1, 0.15) is 0 Å². The number of nitrogens with two attached hydrogens (primary N) is 1. The fourth-order valence-corrected chi connectivity index (χ4v) is 2.99. The molecule has 1 atom stereocenters. The first kappa shape index (κ1) is 13.6. The summed E-state index contributed by atoms with van der Waals surface area (Å²) in [6, 6.07) is 8.61. The third-order valence-electron chi connectivity index (χ3n) is 4.38. The highest BCUT2D eigenvalue weighted by molar-refractivity contribution is 5.78. The molecule has 1 saturated carbocycles. The lowest BCUT2D eigenvalue weighted by Crippen LogP contribution is -2.45. The van der Waals surface area contributed by atoms with E-state index in [0.29, 0.717) is 13.1 Å². The number of nitrogens with one attached hydrogen (secondary N) is 1. The summed E-state index contributed by atoms with van der Waals surface area (Å²) >= 11 is 0. The molecule has 4 heteroatoms. The van der Waals surface area contributed by atoms with Crippen molar-refractivity contribution in [3.63, 3.8) is 0 Å². The second-order valence-corrected chi connectivity index (χ2v) is 5.92. The number of benzene rings is 1. The lowest BCUT2D eigenvalue weighted by Gasteiger charge is -2.36. The van der Waals surface area contributed by atoms with E-state index in [4.69, 9.17) is 5.73 Å². The van der Waals surface area contributed by atoms with Crippen molar-refractivity contribution in [1.82, 2.24) is 10.2 Å². The van der Waals surface area contributed by atoms with E-state index in [1.54, 1.807) is 0 Å². The van der Waals surface area contributed by atoms with Crippen LogP contribution in [0.2, 0.25) is 0 Å². The summed E-state index contributed by atoms with van der Waals surface area (Å²) < 4.78 is 0. The predicted molar refractivity (Wildman–Crippen MR) is 79.2 cm³/mol. The molecule has 1 amide bonds. The second kappa shape index (κ2) is 5.94. The number of nitrogens with zero attached hydrogens (tertiary/aromatic N) is 1. The van der Waals surface area contributed by atoms with Gasteiger partial charge >= 0.3 is 0 Å². The topological polar surface area (TPSA) is 58.4 Å². The Balaban J connectivity index is 1.62. The van der Waals surface area contributed by atoms with Crippen LogP contribution in [0.1, 0.15) is 30.0 Å². The third kappa shape index (κ3) is 3.02. The fraction of sp³-hybridized carbons (Fsp3) is 0.562. The smallest absolute Gasteiger partial charge is 0.234 e. The zero-order chi connectivity index (χ0) is 13.9. The Morgan fingerprint density at radius 1 is 1.35 bits per heavy atom. The molecule has 1 aliphatic heterocycles. The molecular formula is C16H23N3O. The fourth-order valence-electron chi connectivity index (χ4n) is 2.99. The summed E-state index contributed by atoms with van der Waals surface area (Å²) in [5.74, 6) is 0.862. The highest BCUT2D eigenvalue weighted by Crippen LogP contribution is 2.29. The molecule has 0 saturated heterocycles. The van der Waals surface area contributed by atoms with Gasteiger partial charge in [-0.05, 0) is 36.3 Å². The van der Waals surface area contributed by atoms with Gasteiger partial charge in [0.15, 0.2) is 0 Å². The molecule has 0 bridgehead atoms. The van der Waals surface area contributed by atoms with Gasteiger partial charge in [-0.1, -0.05) is 24.3 Å². The van der Waals surface area contributed by atoms with Gasteiger partial charge in [-0.25, -0.2) is 0 Å². The van der Waals surface area contributed by atoms with Gasteiger partial charge in [0.2, 0.25) is 5.91 Å². The Kier molecular flexibility index (Phi) is 4.03. The first-order valence-corrected chi connectivity index (χ1v) is 7.56. The maximum Gasteiger partial charge on any atom is 0.234 e. The Bertz CT molecular complexity index is 484. The minimum Gasteiger partial charge on any atom is -0.355 e. The largest absolute Gasteiger partial charge is 0.355 e. The molecule has 1 aromatic rings. The van der Waals surface area contributed by atoms with Crippen molar-refractivity contribution >= 4 is 5.91 Å². The van der Waals surface area contributed by atoms with Gasteiger partial charge in [0.25, 0.3) is 0 Å². The van der Waals surface area contributed by atoms with E-state index in [2.05, 4.69) is 34.5 Å². The molecule has 1 heterocycles. The van der Waals surface area contributed by atoms with E-state index >= 15 is 0 Å². The van der Waals surface area contributed by atoms with Crippen LogP contribution >= 0.6 is 0 Å². The average molecular weight is 273 g/mol. The van der Waals surface area contributed by atoms with Gasteiger partial charge in [0.05, 0.1) is 6.54 Å². The van der Waals surface area contributed by atoms with Crippen LogP contribution in [0.5, 0.6) is 0 Å². The SMILES string of the molecule is NCC1c2ccccc2CCN1CC(=O)NCC1CC1. The van der Waals surface area contributed by atoms with Crippen molar-refractivity contribution in [2.24, 2.45) is 11.7 Å². The molecule has 20 heavy (non-hydrogen) atoms. The van der Waals surface area contributed by atoms with Crippen LogP contribution in [-0.4, -0.2) is 37.0 Å². The number of hydrogen-bond acceptors (Lipinski definition) is 3. The van der Waals surface area contributed by atoms with Crippen LogP contribution in [0.15, 0.2) is 24.3 Å². The summed E-state index contributed by atoms with van der Waals surface area (Å²) in [6.07, 6.45) is 3.54. The lowest BCUT2D eigenvalue weighted by molar-refractivity contribution is -0.123. The average Bonchev–Trinajstić information content (AvgIpc) is 3.29. The molecule has 1 aliphatic carbocycles. The highest BCUT2D eigenvalue weighted by Gasteiger charge is 2.28. The maximum atomic E-state index is 12.0. The van der Waals surface area contributed by atoms with Crippen LogP contribution < -0.4 is 11.1 Å². The van der Waals surface area contributed by atoms with Crippen molar-refractivity contribution in [2.45, 2.75) is 25.3 Å². The predicted octanol–water partition coefficient (Wildman–Crippen LogP) is 1.07. The van der Waals surface area contributed by atoms with Crippen molar-refractivity contribution in [1.29, 1.82) is 0 Å². The van der Waals surface area contributed by atoms with E-state index in [1.165, 1.54) is 24.0 Å². The first-order chi connectivity index (χ1) is 9.78. The van der Waals surface area contributed by atoms with Crippen LogP contribution in [-0.2, 0) is 11.2 Å². The highest BCUT2D eigenvalue weighted by atomic mass is 16.2. The normalized spacial score (nSPS) is 22.4. The van der Waals surface area contributed by atoms with Crippen molar-refractivity contribution < 1.29 is 4.79 Å². The zero-order valence-corrected chi connectivity index (χ0v) is 11.8. The van der Waals surface area contributed by atoms with Crippen molar-refractivity contribution in [2.75, 3.05) is 26.2 Å². The van der Waals surface area contributed by atoms with Gasteiger partial charge in [-0.3, -0.25) is 9.69 Å². The molecule has 3 N–H and O–H groups in total. The molecule has 1 fully saturated rings. The second-order valence-electron chi connectivity index (χ2n) is 5.92. The zero-order valence-electron chi connectivity index (χ0n) is 11.8. The Labute approximate surface area is 120 Å². The maximum absolute atomic E-state index is 12.0. The Morgan fingerprint density at radius 3 is 2.90 bits per heavy atom. The first-order valence-electron chi connectivity index (χ1n) is 7.56. The summed E-state index contributed by atoms with van der Waals surface area (Å²) in [5.41, 5.74) is 8.60. The molecule has 108 valence electrons. The van der Waals surface area contributed by atoms with Gasteiger partial charge in [0, 0.05) is 25.7 Å². The quantitative estimate of drug-likeness (QED) is 0.844. The molecular weight excluding hydrogens is 250 g/mol. The number of fused-ring (bicyclic) bond motifs is 1. The van der Waals surface area contributed by atoms with Crippen LogP contribution in [0, 0.1) is 5.92 Å². The summed E-state index contributed by atoms with van der Waals surface area (Å²) in [5, 5.41) is 3.04. The van der Waals surface area contributed by atoms with Crippen LogP contribution in [0.25, 0.3) is 0 Å². The van der Waals surface area contributed by atoms with Gasteiger partial charge in [-0.2, -0.15) is 0 Å². The van der Waals surface area contributed by atoms with E-state index in [9.17, 15) is 4.79 Å². The molecule has 1 unspecified atom stereocenters. The van der Waals surface area contributed by atoms with Crippen LogP contribution in [0.3, 0.4) is 0 Å². The molecule has 1 aromatic carbocycles. The number of rotatable bonds is 5. The molecule has 4 nitrogen and oxygen atoms in total. The van der Waals surface area contributed by atoms with E-state index in [-0.39, 0.29) is 11.9 Å². The molecule has 0 spiro atoms. The number of carbonyl (C=O) groups excluding carboxylic acids is 1. The van der Waals surface area contributed by atoms with E-state index in [0.717, 1.165) is 25.4 Å². The van der Waals surface area contributed by atoms with Crippen molar-refractivity contribution in [3.05, 3.63) is 35.4 Å². The van der Waals surface area contributed by atoms with Gasteiger partial charge in [-0.15, -0.1) is 0 Å². The summed E-state index contributed by atoms with van der Waals surface area (Å²) in [4.78, 5) is 14.2. The monoisotopic (exact) mass is 273 g/mol. The molecule has 0 radical (unpaired) electrons. The van der Waals surface area contributed by atoms with E-state index < -0.39 is 0 Å². The number of hydrogen-bond donors (Lipinski definition) is 2. The number of amides is 1. The standard InChI is InChI=1S/C16H23N3O/c17-9-15-14-4-2-1-3-13(14)7-8-19(15)11-16(20)18-10-12-5-6-12/h1-4,12,15H,5-11,17H2,(H,18,20). The van der Waals surface area contributed by atoms with Crippen LogP contribution in [0.4, 0.5) is 0 Å². The van der Waals surface area contributed by atoms with E-state index in [1.807, 2.05) is 0 Å². The summed E-state index contributed by atoms with van der Waals surface area (Å²) in [6.45, 7) is 2.78. The summed E-state index contributed by atoms with van der Waals surface area (Å²) in [7, 11) is 0. The molecule has 0 aromatic heterocycles. The Hall–Kier alpha value is -1.39. The van der Waals surface area contributed by atoms with Crippen molar-refractivity contribution in [3.8, 4) is 0 Å². The van der Waals surface area contributed by atoms with Gasteiger partial charge < -0.3 is 11.1 Å². The lowest BCUT2D eigenvalue weighted by atomic mass is 9.92. The number of carbonyl (C=O) groups is 1. The minimum absolute atomic E-state index is 0.134. The molecule has 2 aliphatic rings. The minimum atomic E-state index is 0.134.